The van der Waals surface area contributed by atoms with E-state index in [1.165, 1.54) is 24.3 Å². The second kappa shape index (κ2) is 7.83. The Bertz CT molecular complexity index is 903. The van der Waals surface area contributed by atoms with E-state index >= 15 is 0 Å². The molecule has 0 saturated carbocycles. The highest BCUT2D eigenvalue weighted by molar-refractivity contribution is 6.10. The molecule has 3 nitrogen and oxygen atoms in total. The van der Waals surface area contributed by atoms with Gasteiger partial charge in [-0.05, 0) is 42.8 Å². The summed E-state index contributed by atoms with van der Waals surface area (Å²) in [5, 5.41) is 0. The Kier molecular flexibility index (Phi) is 5.32. The van der Waals surface area contributed by atoms with Gasteiger partial charge in [-0.15, -0.1) is 0 Å². The minimum atomic E-state index is -0.379. The molecule has 0 saturated heterocycles. The average molecular weight is 350 g/mol. The lowest BCUT2D eigenvalue weighted by atomic mass is 9.98. The first-order valence-electron chi connectivity index (χ1n) is 8.24. The first-order valence-corrected chi connectivity index (χ1v) is 8.24. The van der Waals surface area contributed by atoms with Gasteiger partial charge in [0.2, 0.25) is 0 Å². The quantitative estimate of drug-likeness (QED) is 0.590. The Labute approximate surface area is 152 Å². The largest absolute Gasteiger partial charge is 0.496 e. The summed E-state index contributed by atoms with van der Waals surface area (Å²) < 4.78 is 24.4. The topological polar surface area (TPSA) is 35.5 Å². The maximum Gasteiger partial charge on any atom is 0.193 e. The Morgan fingerprint density at radius 1 is 1.00 bits per heavy atom. The zero-order chi connectivity index (χ0) is 18.5. The highest BCUT2D eigenvalue weighted by Crippen LogP contribution is 2.30. The molecule has 26 heavy (non-hydrogen) atoms. The predicted octanol–water partition coefficient (Wildman–Crippen LogP) is 4.95. The van der Waals surface area contributed by atoms with Crippen LogP contribution in [0.15, 0.2) is 66.7 Å². The second-order valence-corrected chi connectivity index (χ2v) is 5.91. The van der Waals surface area contributed by atoms with Crippen LogP contribution < -0.4 is 9.47 Å². The molecule has 4 heteroatoms. The Balaban J connectivity index is 1.91. The van der Waals surface area contributed by atoms with Crippen LogP contribution in [-0.4, -0.2) is 12.9 Å². The van der Waals surface area contributed by atoms with E-state index in [9.17, 15) is 9.18 Å². The van der Waals surface area contributed by atoms with Gasteiger partial charge in [-0.3, -0.25) is 4.79 Å². The van der Waals surface area contributed by atoms with Crippen LogP contribution >= 0.6 is 0 Å². The molecule has 0 unspecified atom stereocenters. The highest BCUT2D eigenvalue weighted by Gasteiger charge is 2.17. The van der Waals surface area contributed by atoms with Crippen LogP contribution in [0.1, 0.15) is 27.0 Å². The summed E-state index contributed by atoms with van der Waals surface area (Å²) in [6.07, 6.45) is 0. The molecule has 132 valence electrons. The summed E-state index contributed by atoms with van der Waals surface area (Å²) in [4.78, 5) is 12.8. The summed E-state index contributed by atoms with van der Waals surface area (Å²) >= 11 is 0. The third kappa shape index (κ3) is 3.91. The number of hydrogen-bond donors (Lipinski definition) is 0. The zero-order valence-corrected chi connectivity index (χ0v) is 14.7. The van der Waals surface area contributed by atoms with Gasteiger partial charge in [0.1, 0.15) is 23.9 Å². The van der Waals surface area contributed by atoms with Crippen molar-refractivity contribution in [2.24, 2.45) is 0 Å². The summed E-state index contributed by atoms with van der Waals surface area (Å²) in [6.45, 7) is 2.20. The zero-order valence-electron chi connectivity index (χ0n) is 14.7. The molecule has 3 aromatic rings. The molecule has 0 aromatic heterocycles. The monoisotopic (exact) mass is 350 g/mol. The summed E-state index contributed by atoms with van der Waals surface area (Å²) in [6, 6.07) is 18.7. The van der Waals surface area contributed by atoms with E-state index in [1.807, 2.05) is 37.3 Å². The van der Waals surface area contributed by atoms with E-state index in [0.717, 1.165) is 5.56 Å². The Morgan fingerprint density at radius 2 is 1.69 bits per heavy atom. The van der Waals surface area contributed by atoms with Crippen molar-refractivity contribution in [1.82, 2.24) is 0 Å². The maximum atomic E-state index is 13.1. The van der Waals surface area contributed by atoms with Crippen LogP contribution in [0.2, 0.25) is 0 Å². The van der Waals surface area contributed by atoms with E-state index in [1.54, 1.807) is 19.2 Å². The van der Waals surface area contributed by atoms with Crippen molar-refractivity contribution in [3.63, 3.8) is 0 Å². The fourth-order valence-electron chi connectivity index (χ4n) is 2.69. The molecular weight excluding hydrogens is 331 g/mol. The fourth-order valence-corrected chi connectivity index (χ4v) is 2.69. The normalized spacial score (nSPS) is 10.4. The molecule has 0 radical (unpaired) electrons. The molecule has 0 aliphatic carbocycles. The number of benzene rings is 3. The lowest BCUT2D eigenvalue weighted by Crippen LogP contribution is -2.06. The predicted molar refractivity (Wildman–Crippen MR) is 98.3 cm³/mol. The van der Waals surface area contributed by atoms with Crippen LogP contribution in [-0.2, 0) is 6.61 Å². The SMILES string of the molecule is COc1cc(OCc2ccccc2)cc(C(=O)c2ccc(F)cc2)c1C. The van der Waals surface area contributed by atoms with Crippen molar-refractivity contribution >= 4 is 5.78 Å². The van der Waals surface area contributed by atoms with Crippen molar-refractivity contribution in [2.75, 3.05) is 7.11 Å². The number of halogens is 1. The number of carbonyl (C=O) groups excluding carboxylic acids is 1. The van der Waals surface area contributed by atoms with E-state index in [0.29, 0.717) is 34.8 Å². The summed E-state index contributed by atoms with van der Waals surface area (Å²) in [7, 11) is 1.55. The van der Waals surface area contributed by atoms with Gasteiger partial charge in [0, 0.05) is 22.8 Å². The van der Waals surface area contributed by atoms with Crippen LogP contribution in [0.5, 0.6) is 11.5 Å². The summed E-state index contributed by atoms with van der Waals surface area (Å²) in [5.74, 6) is 0.532. The standard InChI is InChI=1S/C22H19FO3/c1-15-20(22(24)17-8-10-18(23)11-9-17)12-19(13-21(15)25-2)26-14-16-6-4-3-5-7-16/h3-13H,14H2,1-2H3. The van der Waals surface area contributed by atoms with Crippen LogP contribution in [0, 0.1) is 12.7 Å². The number of rotatable bonds is 6. The fraction of sp³-hybridized carbons (Fsp3) is 0.136. The molecule has 0 heterocycles. The molecule has 0 spiro atoms. The van der Waals surface area contributed by atoms with E-state index in [-0.39, 0.29) is 11.6 Å². The molecule has 0 aliphatic rings. The molecular formula is C22H19FO3. The maximum absolute atomic E-state index is 13.1. The molecule has 0 atom stereocenters. The molecule has 0 amide bonds. The van der Waals surface area contributed by atoms with Crippen molar-refractivity contribution < 1.29 is 18.7 Å². The van der Waals surface area contributed by atoms with E-state index < -0.39 is 0 Å². The Hall–Kier alpha value is -3.14. The molecule has 3 aromatic carbocycles. The lowest BCUT2D eigenvalue weighted by molar-refractivity contribution is 0.103. The van der Waals surface area contributed by atoms with Crippen molar-refractivity contribution in [2.45, 2.75) is 13.5 Å². The molecule has 0 fully saturated rings. The van der Waals surface area contributed by atoms with Gasteiger partial charge >= 0.3 is 0 Å². The number of ether oxygens (including phenoxy) is 2. The third-order valence-electron chi connectivity index (χ3n) is 4.15. The second-order valence-electron chi connectivity index (χ2n) is 5.91. The van der Waals surface area contributed by atoms with Gasteiger partial charge in [-0.1, -0.05) is 30.3 Å². The van der Waals surface area contributed by atoms with Gasteiger partial charge in [0.15, 0.2) is 5.78 Å². The number of methoxy groups -OCH3 is 1. The highest BCUT2D eigenvalue weighted by atomic mass is 19.1. The molecule has 0 bridgehead atoms. The summed E-state index contributed by atoms with van der Waals surface area (Å²) in [5.41, 5.74) is 2.63. The number of ketones is 1. The van der Waals surface area contributed by atoms with Crippen LogP contribution in [0.25, 0.3) is 0 Å². The molecule has 0 N–H and O–H groups in total. The third-order valence-corrected chi connectivity index (χ3v) is 4.15. The van der Waals surface area contributed by atoms with Crippen molar-refractivity contribution in [3.8, 4) is 11.5 Å². The smallest absolute Gasteiger partial charge is 0.193 e. The van der Waals surface area contributed by atoms with Crippen LogP contribution in [0.3, 0.4) is 0 Å². The Morgan fingerprint density at radius 3 is 2.35 bits per heavy atom. The van der Waals surface area contributed by atoms with Crippen LogP contribution in [0.4, 0.5) is 4.39 Å². The van der Waals surface area contributed by atoms with Gasteiger partial charge in [-0.2, -0.15) is 0 Å². The number of hydrogen-bond acceptors (Lipinski definition) is 3. The van der Waals surface area contributed by atoms with Gasteiger partial charge < -0.3 is 9.47 Å². The van der Waals surface area contributed by atoms with Crippen molar-refractivity contribution in [1.29, 1.82) is 0 Å². The minimum absolute atomic E-state index is 0.203. The lowest BCUT2D eigenvalue weighted by Gasteiger charge is -2.14. The van der Waals surface area contributed by atoms with Gasteiger partial charge in [0.25, 0.3) is 0 Å². The van der Waals surface area contributed by atoms with Gasteiger partial charge in [0.05, 0.1) is 7.11 Å². The molecule has 3 rings (SSSR count). The van der Waals surface area contributed by atoms with Crippen molar-refractivity contribution in [3.05, 3.63) is 94.8 Å². The van der Waals surface area contributed by atoms with E-state index in [2.05, 4.69) is 0 Å². The van der Waals surface area contributed by atoms with Gasteiger partial charge in [-0.25, -0.2) is 4.39 Å². The average Bonchev–Trinajstić information content (AvgIpc) is 2.68. The first-order chi connectivity index (χ1) is 12.6. The number of carbonyl (C=O) groups is 1. The van der Waals surface area contributed by atoms with E-state index in [4.69, 9.17) is 9.47 Å². The first kappa shape index (κ1) is 17.7. The minimum Gasteiger partial charge on any atom is -0.496 e. The molecule has 0 aliphatic heterocycles.